The normalized spacial score (nSPS) is 21.2. The fraction of sp³-hybridized carbons (Fsp3) is 0.400. The Labute approximate surface area is 202 Å². The number of fused-ring (bicyclic) bond motifs is 1. The molecule has 1 aliphatic rings. The third kappa shape index (κ3) is 4.41. The van der Waals surface area contributed by atoms with Gasteiger partial charge in [-0.05, 0) is 57.9 Å². The third-order valence-corrected chi connectivity index (χ3v) is 6.49. The summed E-state index contributed by atoms with van der Waals surface area (Å²) >= 11 is 0. The van der Waals surface area contributed by atoms with E-state index in [-0.39, 0.29) is 17.2 Å². The molecule has 3 aromatic heterocycles. The van der Waals surface area contributed by atoms with E-state index >= 15 is 4.39 Å². The van der Waals surface area contributed by atoms with E-state index < -0.39 is 17.8 Å². The van der Waals surface area contributed by atoms with Gasteiger partial charge >= 0.3 is 0 Å². The van der Waals surface area contributed by atoms with Crippen LogP contribution in [-0.4, -0.2) is 58.3 Å². The number of hydrogen-bond donors (Lipinski definition) is 3. The van der Waals surface area contributed by atoms with E-state index in [9.17, 15) is 5.11 Å². The third-order valence-electron chi connectivity index (χ3n) is 6.49. The SMILES string of the molecule is Cn1ncc2cc(-c3ccc(-c4cnc(N[C@H]5CC(C)(C)NC(C)(C)[C@H]5F)nn4)c(O)c3)cnc21. The van der Waals surface area contributed by atoms with Crippen LogP contribution in [0.2, 0.25) is 0 Å². The van der Waals surface area contributed by atoms with Crippen molar-refractivity contribution in [3.05, 3.63) is 42.9 Å². The molecule has 5 rings (SSSR count). The van der Waals surface area contributed by atoms with Gasteiger partial charge in [-0.25, -0.2) is 14.4 Å². The van der Waals surface area contributed by atoms with Gasteiger partial charge in [0.1, 0.15) is 17.6 Å². The number of rotatable bonds is 4. The van der Waals surface area contributed by atoms with E-state index in [4.69, 9.17) is 0 Å². The lowest BCUT2D eigenvalue weighted by atomic mass is 9.78. The molecule has 0 bridgehead atoms. The van der Waals surface area contributed by atoms with E-state index in [0.717, 1.165) is 22.2 Å². The molecule has 0 aliphatic carbocycles. The molecule has 9 nitrogen and oxygen atoms in total. The predicted octanol–water partition coefficient (Wildman–Crippen LogP) is 3.86. The summed E-state index contributed by atoms with van der Waals surface area (Å²) < 4.78 is 16.8. The van der Waals surface area contributed by atoms with Crippen LogP contribution < -0.4 is 10.6 Å². The Morgan fingerprint density at radius 1 is 1.06 bits per heavy atom. The molecule has 1 aliphatic heterocycles. The van der Waals surface area contributed by atoms with E-state index in [0.29, 0.717) is 17.7 Å². The number of nitrogens with one attached hydrogen (secondary N) is 2. The number of phenolic OH excluding ortho intramolecular Hbond substituents is 1. The summed E-state index contributed by atoms with van der Waals surface area (Å²) in [5.41, 5.74) is 2.48. The fourth-order valence-electron chi connectivity index (χ4n) is 5.03. The zero-order valence-electron chi connectivity index (χ0n) is 20.4. The van der Waals surface area contributed by atoms with Crippen molar-refractivity contribution in [2.24, 2.45) is 7.05 Å². The number of aromatic nitrogens is 6. The van der Waals surface area contributed by atoms with Crippen molar-refractivity contribution < 1.29 is 9.50 Å². The molecule has 2 atom stereocenters. The van der Waals surface area contributed by atoms with Gasteiger partial charge in [0, 0.05) is 40.8 Å². The minimum absolute atomic E-state index is 0.0521. The lowest BCUT2D eigenvalue weighted by Gasteiger charge is -2.48. The molecule has 35 heavy (non-hydrogen) atoms. The maximum absolute atomic E-state index is 15.1. The lowest BCUT2D eigenvalue weighted by molar-refractivity contribution is 0.0654. The molecule has 0 spiro atoms. The van der Waals surface area contributed by atoms with E-state index in [2.05, 4.69) is 49.7 Å². The van der Waals surface area contributed by atoms with E-state index in [1.165, 1.54) is 6.20 Å². The highest BCUT2D eigenvalue weighted by Gasteiger charge is 2.46. The number of alkyl halides is 1. The fourth-order valence-corrected chi connectivity index (χ4v) is 5.03. The maximum atomic E-state index is 15.1. The summed E-state index contributed by atoms with van der Waals surface area (Å²) in [6.07, 6.45) is 4.48. The molecule has 1 aromatic carbocycles. The Kier molecular flexibility index (Phi) is 5.43. The molecular weight excluding hydrogens is 447 g/mol. The number of benzene rings is 1. The average Bonchev–Trinajstić information content (AvgIpc) is 3.17. The van der Waals surface area contributed by atoms with Crippen molar-refractivity contribution in [3.63, 3.8) is 0 Å². The van der Waals surface area contributed by atoms with E-state index in [1.807, 2.05) is 33.0 Å². The molecule has 4 aromatic rings. The van der Waals surface area contributed by atoms with Crippen LogP contribution in [0.15, 0.2) is 42.9 Å². The Bertz CT molecular complexity index is 1380. The number of piperidine rings is 1. The van der Waals surface area contributed by atoms with Crippen molar-refractivity contribution in [1.82, 2.24) is 35.3 Å². The Morgan fingerprint density at radius 3 is 2.57 bits per heavy atom. The Hall–Kier alpha value is -3.66. The predicted molar refractivity (Wildman–Crippen MR) is 133 cm³/mol. The van der Waals surface area contributed by atoms with Gasteiger partial charge in [0.15, 0.2) is 5.65 Å². The van der Waals surface area contributed by atoms with Gasteiger partial charge in [0.25, 0.3) is 0 Å². The number of aromatic hydroxyl groups is 1. The molecule has 10 heteroatoms. The highest BCUT2D eigenvalue weighted by molar-refractivity contribution is 5.82. The van der Waals surface area contributed by atoms with Crippen molar-refractivity contribution in [1.29, 1.82) is 0 Å². The molecule has 0 unspecified atom stereocenters. The van der Waals surface area contributed by atoms with Gasteiger partial charge in [-0.15, -0.1) is 10.2 Å². The molecular formula is C25H29FN8O. The molecule has 1 fully saturated rings. The van der Waals surface area contributed by atoms with Crippen LogP contribution in [-0.2, 0) is 7.05 Å². The van der Waals surface area contributed by atoms with Gasteiger partial charge in [-0.3, -0.25) is 4.68 Å². The van der Waals surface area contributed by atoms with Gasteiger partial charge in [-0.2, -0.15) is 5.10 Å². The highest BCUT2D eigenvalue weighted by Crippen LogP contribution is 2.34. The zero-order chi connectivity index (χ0) is 25.0. The quantitative estimate of drug-likeness (QED) is 0.407. The summed E-state index contributed by atoms with van der Waals surface area (Å²) in [6, 6.07) is 6.84. The number of nitrogens with zero attached hydrogens (tertiary/aromatic N) is 6. The first-order valence-corrected chi connectivity index (χ1v) is 11.5. The molecule has 0 radical (unpaired) electrons. The van der Waals surface area contributed by atoms with Crippen molar-refractivity contribution in [2.45, 2.75) is 57.4 Å². The zero-order valence-corrected chi connectivity index (χ0v) is 20.4. The summed E-state index contributed by atoms with van der Waals surface area (Å²) in [5, 5.41) is 30.7. The summed E-state index contributed by atoms with van der Waals surface area (Å²) in [5.74, 6) is 0.304. The topological polar surface area (TPSA) is 114 Å². The second kappa shape index (κ2) is 8.23. The van der Waals surface area contributed by atoms with Crippen molar-refractivity contribution >= 4 is 17.0 Å². The number of aryl methyl sites for hydroxylation is 1. The first-order valence-electron chi connectivity index (χ1n) is 11.5. The molecule has 1 saturated heterocycles. The molecule has 0 saturated carbocycles. The van der Waals surface area contributed by atoms with Crippen LogP contribution in [0, 0.1) is 0 Å². The Balaban J connectivity index is 1.35. The Morgan fingerprint density at radius 2 is 1.86 bits per heavy atom. The first-order chi connectivity index (χ1) is 16.5. The second-order valence-corrected chi connectivity index (χ2v) is 10.4. The maximum Gasteiger partial charge on any atom is 0.243 e. The summed E-state index contributed by atoms with van der Waals surface area (Å²) in [7, 11) is 1.84. The van der Waals surface area contributed by atoms with Crippen LogP contribution in [0.3, 0.4) is 0 Å². The summed E-state index contributed by atoms with van der Waals surface area (Å²) in [4.78, 5) is 8.79. The van der Waals surface area contributed by atoms with Crippen LogP contribution in [0.4, 0.5) is 10.3 Å². The molecule has 3 N–H and O–H groups in total. The van der Waals surface area contributed by atoms with Gasteiger partial charge in [0.2, 0.25) is 5.95 Å². The van der Waals surface area contributed by atoms with Crippen LogP contribution >= 0.6 is 0 Å². The molecule has 4 heterocycles. The van der Waals surface area contributed by atoms with Gasteiger partial charge in [0.05, 0.1) is 18.4 Å². The van der Waals surface area contributed by atoms with E-state index in [1.54, 1.807) is 29.2 Å². The number of pyridine rings is 1. The average molecular weight is 477 g/mol. The number of phenols is 1. The second-order valence-electron chi connectivity index (χ2n) is 10.4. The van der Waals surface area contributed by atoms with Crippen LogP contribution in [0.5, 0.6) is 5.75 Å². The number of anilines is 1. The van der Waals surface area contributed by atoms with Crippen molar-refractivity contribution in [3.8, 4) is 28.1 Å². The van der Waals surface area contributed by atoms with Crippen LogP contribution in [0.25, 0.3) is 33.4 Å². The number of halogens is 1. The molecule has 0 amide bonds. The number of hydrogen-bond acceptors (Lipinski definition) is 8. The summed E-state index contributed by atoms with van der Waals surface area (Å²) in [6.45, 7) is 7.81. The smallest absolute Gasteiger partial charge is 0.243 e. The van der Waals surface area contributed by atoms with Gasteiger partial charge in [-0.1, -0.05) is 6.07 Å². The molecule has 182 valence electrons. The van der Waals surface area contributed by atoms with Gasteiger partial charge < -0.3 is 15.7 Å². The highest BCUT2D eigenvalue weighted by atomic mass is 19.1. The van der Waals surface area contributed by atoms with Crippen LogP contribution in [0.1, 0.15) is 34.1 Å². The minimum atomic E-state index is -1.13. The largest absolute Gasteiger partial charge is 0.507 e. The lowest BCUT2D eigenvalue weighted by Crippen LogP contribution is -2.67. The first kappa shape index (κ1) is 23.1. The monoisotopic (exact) mass is 476 g/mol. The van der Waals surface area contributed by atoms with Crippen molar-refractivity contribution in [2.75, 3.05) is 5.32 Å². The minimum Gasteiger partial charge on any atom is -0.507 e. The standard InChI is InChI=1S/C25H29FN8O/c1-24(2)10-18(21(26)25(3,4)33-24)30-23-28-13-19(31-32-23)17-7-6-14(9-20(17)35)15-8-16-12-29-34(5)22(16)27-11-15/h6-9,11-13,18,21,33,35H,10H2,1-5H3,(H,28,30,32)/t18-,21-/m0/s1.